The summed E-state index contributed by atoms with van der Waals surface area (Å²) in [7, 11) is 10.1. The van der Waals surface area contributed by atoms with Gasteiger partial charge in [-0.2, -0.15) is 0 Å². The van der Waals surface area contributed by atoms with Crippen molar-refractivity contribution in [2.45, 2.75) is 242 Å². The molecule has 0 aromatic heterocycles. The lowest BCUT2D eigenvalue weighted by Gasteiger charge is -2.41. The number of rotatable bonds is 21. The first-order valence-electron chi connectivity index (χ1n) is 33.8. The van der Waals surface area contributed by atoms with Crippen molar-refractivity contribution < 1.29 is 57.8 Å². The summed E-state index contributed by atoms with van der Waals surface area (Å²) in [5.74, 6) is -9.77. The molecule has 0 saturated carbocycles. The van der Waals surface area contributed by atoms with Crippen LogP contribution in [0.1, 0.15) is 170 Å². The maximum Gasteiger partial charge on any atom is 0.256 e. The normalized spacial score (nSPS) is 26.5. The lowest BCUT2D eigenvalue weighted by molar-refractivity contribution is -0.157. The Morgan fingerprint density at radius 2 is 0.914 bits per heavy atom. The lowest BCUT2D eigenvalue weighted by atomic mass is 9.91. The Kier molecular flexibility index (Phi) is 36.6. The molecule has 0 bridgehead atoms. The summed E-state index contributed by atoms with van der Waals surface area (Å²) in [5.41, 5.74) is 0. The van der Waals surface area contributed by atoms with Crippen molar-refractivity contribution in [2.75, 3.05) is 74.7 Å². The summed E-state index contributed by atoms with van der Waals surface area (Å²) in [6.45, 7) is 36.2. The summed E-state index contributed by atoms with van der Waals surface area (Å²) in [5, 5.41) is 22.2. The summed E-state index contributed by atoms with van der Waals surface area (Å²) in [6.07, 6.45) is 3.48. The Hall–Kier alpha value is -5.82. The molecule has 0 unspecified atom stereocenters. The van der Waals surface area contributed by atoms with Crippen LogP contribution in [0.3, 0.4) is 0 Å². The molecule has 1 rings (SSSR count). The fourth-order valence-corrected chi connectivity index (χ4v) is 13.1. The van der Waals surface area contributed by atoms with Crippen molar-refractivity contribution in [2.24, 2.45) is 41.4 Å². The van der Waals surface area contributed by atoms with Crippen molar-refractivity contribution >= 4 is 76.7 Å². The zero-order valence-electron chi connectivity index (χ0n) is 61.6. The highest BCUT2D eigenvalue weighted by Crippen LogP contribution is 2.27. The predicted molar refractivity (Wildman–Crippen MR) is 368 cm³/mol. The molecule has 1 fully saturated rings. The van der Waals surface area contributed by atoms with Crippen molar-refractivity contribution in [3.05, 3.63) is 12.2 Å². The van der Waals surface area contributed by atoms with E-state index >= 15 is 28.8 Å². The number of amides is 11. The minimum atomic E-state index is -1.63. The molecule has 1 aliphatic rings. The Bertz CT molecular complexity index is 2510. The van der Waals surface area contributed by atoms with E-state index in [2.05, 4.69) is 26.2 Å². The van der Waals surface area contributed by atoms with E-state index in [1.165, 1.54) is 104 Å². The van der Waals surface area contributed by atoms with E-state index in [1.807, 2.05) is 68.4 Å². The molecule has 0 radical (unpaired) electrons. The van der Waals surface area contributed by atoms with Crippen LogP contribution in [0.5, 0.6) is 0 Å². The quantitative estimate of drug-likeness (QED) is 0.0772. The molecule has 11 amide bonds. The Balaban J connectivity index is 4.52. The second kappa shape index (κ2) is 39.9. The van der Waals surface area contributed by atoms with Crippen molar-refractivity contribution in [3.8, 4) is 0 Å². The second-order valence-electron chi connectivity index (χ2n) is 27.9. The number of thioether (sulfide) groups is 1. The van der Waals surface area contributed by atoms with Crippen LogP contribution in [0.4, 0.5) is 0 Å². The molecule has 1 heterocycles. The smallest absolute Gasteiger partial charge is 0.256 e. The average Bonchev–Trinajstić information content (AvgIpc) is 0.841. The van der Waals surface area contributed by atoms with Gasteiger partial charge in [0, 0.05) is 49.3 Å². The number of carbonyl (C=O) groups is 11. The first-order valence-corrected chi connectivity index (χ1v) is 34.9. The molecular formula is C68H124N12O12S. The average molecular weight is 1330 g/mol. The summed E-state index contributed by atoms with van der Waals surface area (Å²) < 4.78 is 0. The number of carbonyl (C=O) groups excluding carboxylic acids is 11. The van der Waals surface area contributed by atoms with Crippen LogP contribution in [0.25, 0.3) is 0 Å². The minimum absolute atomic E-state index is 0.00699. The summed E-state index contributed by atoms with van der Waals surface area (Å²) >= 11 is 1.20. The lowest BCUT2D eigenvalue weighted by Crippen LogP contribution is -2.64. The van der Waals surface area contributed by atoms with E-state index in [4.69, 9.17) is 0 Å². The van der Waals surface area contributed by atoms with Gasteiger partial charge in [-0.1, -0.05) is 123 Å². The second-order valence-corrected chi connectivity index (χ2v) is 29.1. The molecule has 0 aromatic rings. The van der Waals surface area contributed by atoms with E-state index < -0.39 is 161 Å². The number of likely N-dealkylation sites (N-methyl/N-ethyl adjacent to an activating group) is 7. The molecule has 24 nitrogen and oxygen atoms in total. The number of hydrogen-bond donors (Lipinski definition) is 5. The highest BCUT2D eigenvalue weighted by Gasteiger charge is 2.47. The maximum atomic E-state index is 15.4. The maximum absolute atomic E-state index is 15.4. The molecule has 0 aromatic carbocycles. The third-order valence-electron chi connectivity index (χ3n) is 17.8. The minimum Gasteiger partial charge on any atom is -0.390 e. The number of aliphatic hydroxyl groups is 1. The van der Waals surface area contributed by atoms with Gasteiger partial charge in [-0.25, -0.2) is 0 Å². The summed E-state index contributed by atoms with van der Waals surface area (Å²) in [4.78, 5) is 175. The van der Waals surface area contributed by atoms with Crippen molar-refractivity contribution in [1.29, 1.82) is 0 Å². The third-order valence-corrected chi connectivity index (χ3v) is 19.2. The molecule has 534 valence electrons. The third kappa shape index (κ3) is 24.1. The number of hydrogen-bond acceptors (Lipinski definition) is 14. The van der Waals surface area contributed by atoms with E-state index in [9.17, 15) is 29.1 Å². The monoisotopic (exact) mass is 1330 g/mol. The first-order chi connectivity index (χ1) is 43.1. The zero-order chi connectivity index (χ0) is 72.0. The molecule has 5 N–H and O–H groups in total. The molecule has 93 heavy (non-hydrogen) atoms. The van der Waals surface area contributed by atoms with Crippen molar-refractivity contribution in [1.82, 2.24) is 60.5 Å². The van der Waals surface area contributed by atoms with Gasteiger partial charge < -0.3 is 65.6 Å². The van der Waals surface area contributed by atoms with E-state index in [1.54, 1.807) is 61.5 Å². The SMILES string of the molecule is CC=CC[C@@H](C)[C@@H](O)[C@H]1C(=O)N[C@@H](CC)C(=O)N(C)[C@H](SCCCN(CC)CC)C(=O)N(C)[C@@H](C(C)C)C(=O)N[C@@H](C(C)C)C(=O)N(C)[C@@H](CC(C)C)C(=O)N[C@@H](C)C(=O)N[C@H](C)C(=O)N(C)[C@@H](CC(C)C)C(=O)N(C)[C@@H](CC(C)C)C(=O)N(C)[C@@H](C(C)C)C(=O)N1C. The Morgan fingerprint density at radius 1 is 0.473 bits per heavy atom. The molecule has 13 atom stereocenters. The molecule has 25 heteroatoms. The van der Waals surface area contributed by atoms with E-state index in [0.717, 1.165) is 18.0 Å². The van der Waals surface area contributed by atoms with Gasteiger partial charge in [0.1, 0.15) is 60.4 Å². The molecule has 1 saturated heterocycles. The zero-order valence-corrected chi connectivity index (χ0v) is 62.4. The van der Waals surface area contributed by atoms with Gasteiger partial charge in [0.25, 0.3) is 5.91 Å². The van der Waals surface area contributed by atoms with Gasteiger partial charge >= 0.3 is 0 Å². The summed E-state index contributed by atoms with van der Waals surface area (Å²) in [6, 6.07) is -12.5. The number of allylic oxidation sites excluding steroid dienone is 2. The fraction of sp³-hybridized carbons (Fsp3) is 0.809. The van der Waals surface area contributed by atoms with Gasteiger partial charge in [-0.05, 0) is 126 Å². The van der Waals surface area contributed by atoms with E-state index in [-0.39, 0.29) is 43.4 Å². The first kappa shape index (κ1) is 85.2. The van der Waals surface area contributed by atoms with Crippen LogP contribution in [0.15, 0.2) is 12.2 Å². The number of nitrogens with zero attached hydrogens (tertiary/aromatic N) is 8. The molecule has 0 aliphatic carbocycles. The van der Waals surface area contributed by atoms with Gasteiger partial charge in [-0.15, -0.1) is 11.8 Å². The van der Waals surface area contributed by atoms with Crippen LogP contribution in [-0.4, -0.2) is 256 Å². The standard InChI is InChI=1S/C68H124N12O12S/c1-27-31-33-45(17)56(81)55-60(85)71-48(28-2)62(87)79(26)68(93-35-32-34-80(29-3)30-4)67(92)76(23)53(43(13)14)59(84)72-52(42(11)12)65(90)73(20)49(36-39(5)6)58(83)69-46(18)57(82)70-47(19)61(86)74(21)50(37-40(7)8)63(88)75(22)51(38-41(9)10)64(89)77(24)54(44(15)16)66(91)78(55)25/h27,31,39-56,68,81H,28-30,32-38H2,1-26H3,(H,69,83)(H,70,82)(H,71,85)(H,72,84)/t45-,46+,47-,48+,49+,50+,51+,52+,53+,54+,55+,56-,68-/m1/s1. The van der Waals surface area contributed by atoms with Crippen LogP contribution < -0.4 is 21.3 Å². The molecule has 0 spiro atoms. The van der Waals surface area contributed by atoms with Crippen LogP contribution in [0, 0.1) is 41.4 Å². The topological polar surface area (TPSA) is 282 Å². The molecular weight excluding hydrogens is 1210 g/mol. The number of aliphatic hydroxyl groups excluding tert-OH is 1. The van der Waals surface area contributed by atoms with Gasteiger partial charge in [-0.3, -0.25) is 52.7 Å². The van der Waals surface area contributed by atoms with Gasteiger partial charge in [0.15, 0.2) is 5.37 Å². The highest BCUT2D eigenvalue weighted by molar-refractivity contribution is 8.00. The fourth-order valence-electron chi connectivity index (χ4n) is 11.9. The van der Waals surface area contributed by atoms with Crippen LogP contribution in [-0.2, 0) is 52.7 Å². The molecule has 1 aliphatic heterocycles. The van der Waals surface area contributed by atoms with Gasteiger partial charge in [0.05, 0.1) is 6.10 Å². The largest absolute Gasteiger partial charge is 0.390 e. The predicted octanol–water partition coefficient (Wildman–Crippen LogP) is 4.67. The van der Waals surface area contributed by atoms with E-state index in [0.29, 0.717) is 25.1 Å². The van der Waals surface area contributed by atoms with Crippen molar-refractivity contribution in [3.63, 3.8) is 0 Å². The Labute approximate surface area is 562 Å². The van der Waals surface area contributed by atoms with Crippen LogP contribution in [0.2, 0.25) is 0 Å². The number of nitrogens with one attached hydrogen (secondary N) is 4. The van der Waals surface area contributed by atoms with Crippen LogP contribution >= 0.6 is 11.8 Å². The van der Waals surface area contributed by atoms with Gasteiger partial charge in [0.2, 0.25) is 59.1 Å². The Morgan fingerprint density at radius 3 is 1.38 bits per heavy atom. The highest BCUT2D eigenvalue weighted by atomic mass is 32.2.